The van der Waals surface area contributed by atoms with Crippen molar-refractivity contribution in [3.05, 3.63) is 0 Å². The Morgan fingerprint density at radius 2 is 0.929 bits per heavy atom. The molecular formula is C12H20B2. The van der Waals surface area contributed by atoms with Crippen LogP contribution >= 0.6 is 0 Å². The maximum atomic E-state index is 2.72. The van der Waals surface area contributed by atoms with Gasteiger partial charge in [0.05, 0.1) is 0 Å². The van der Waals surface area contributed by atoms with Crippen molar-refractivity contribution in [2.24, 2.45) is 11.8 Å². The van der Waals surface area contributed by atoms with Crippen molar-refractivity contribution in [3.63, 3.8) is 0 Å². The number of hydrogen-bond acceptors (Lipinski definition) is 0. The third-order valence-corrected chi connectivity index (χ3v) is 5.08. The van der Waals surface area contributed by atoms with E-state index in [1.807, 2.05) is 13.8 Å². The zero-order chi connectivity index (χ0) is 9.71. The fourth-order valence-electron chi connectivity index (χ4n) is 4.85. The van der Waals surface area contributed by atoms with Crippen LogP contribution in [0.15, 0.2) is 0 Å². The molecule has 4 bridgehead atoms. The number of fused-ring (bicyclic) bond motifs is 9. The van der Waals surface area contributed by atoms with E-state index in [2.05, 4.69) is 14.6 Å². The summed E-state index contributed by atoms with van der Waals surface area (Å²) in [6, 6.07) is 0. The van der Waals surface area contributed by atoms with Crippen LogP contribution in [0.2, 0.25) is 23.3 Å². The molecule has 4 heterocycles. The van der Waals surface area contributed by atoms with Crippen LogP contribution in [-0.4, -0.2) is 14.6 Å². The van der Waals surface area contributed by atoms with Gasteiger partial charge in [-0.2, -0.15) is 0 Å². The highest BCUT2D eigenvalue weighted by Gasteiger charge is 2.59. The minimum Gasteiger partial charge on any atom is -0.0683 e. The zero-order valence-electron chi connectivity index (χ0n) is 9.45. The van der Waals surface area contributed by atoms with Crippen molar-refractivity contribution >= 4 is 14.6 Å². The van der Waals surface area contributed by atoms with Crippen LogP contribution in [0.5, 0.6) is 0 Å². The van der Waals surface area contributed by atoms with Crippen molar-refractivity contribution < 1.29 is 0 Å². The van der Waals surface area contributed by atoms with E-state index in [0.29, 0.717) is 0 Å². The molecule has 14 heavy (non-hydrogen) atoms. The van der Waals surface area contributed by atoms with Crippen LogP contribution < -0.4 is 0 Å². The molecule has 4 fully saturated rings. The third-order valence-electron chi connectivity index (χ3n) is 5.08. The van der Waals surface area contributed by atoms with Gasteiger partial charge in [0.1, 0.15) is 14.6 Å². The van der Waals surface area contributed by atoms with Crippen LogP contribution in [0.1, 0.15) is 39.5 Å². The van der Waals surface area contributed by atoms with E-state index in [1.54, 1.807) is 0 Å². The van der Waals surface area contributed by atoms with Gasteiger partial charge in [-0.25, -0.2) is 0 Å². The molecule has 4 aliphatic rings. The van der Waals surface area contributed by atoms with E-state index >= 15 is 0 Å². The standard InChI is InChI=1S/C10H14B2.C2H6/c1-2-6-10-8-4-3-7(12-8)9(10)5(1)11-6;1-2/h5-10H,1-4H2;1-2H3. The Morgan fingerprint density at radius 3 is 1.21 bits per heavy atom. The first-order valence-electron chi connectivity index (χ1n) is 6.63. The van der Waals surface area contributed by atoms with Gasteiger partial charge in [0.25, 0.3) is 0 Å². The lowest BCUT2D eigenvalue weighted by molar-refractivity contribution is 0.236. The van der Waals surface area contributed by atoms with Crippen molar-refractivity contribution in [2.45, 2.75) is 62.8 Å². The lowest BCUT2D eigenvalue weighted by Gasteiger charge is -2.36. The third kappa shape index (κ3) is 1.03. The Morgan fingerprint density at radius 1 is 0.643 bits per heavy atom. The molecule has 4 saturated heterocycles. The first-order valence-corrected chi connectivity index (χ1v) is 6.63. The monoisotopic (exact) mass is 186 g/mol. The highest BCUT2D eigenvalue weighted by atomic mass is 14.5. The van der Waals surface area contributed by atoms with Gasteiger partial charge in [-0.1, -0.05) is 62.8 Å². The van der Waals surface area contributed by atoms with E-state index < -0.39 is 0 Å². The van der Waals surface area contributed by atoms with Crippen LogP contribution in [0, 0.1) is 11.8 Å². The Hall–Kier alpha value is 0.130. The molecule has 4 unspecified atom stereocenters. The first-order chi connectivity index (χ1) is 6.93. The van der Waals surface area contributed by atoms with E-state index in [-0.39, 0.29) is 0 Å². The summed E-state index contributed by atoms with van der Waals surface area (Å²) in [5, 5.41) is 0. The smallest absolute Gasteiger partial charge is 0.0683 e. The van der Waals surface area contributed by atoms with Crippen molar-refractivity contribution in [3.8, 4) is 0 Å². The fraction of sp³-hybridized carbons (Fsp3) is 1.00. The average molecular weight is 186 g/mol. The second-order valence-corrected chi connectivity index (χ2v) is 5.35. The summed E-state index contributed by atoms with van der Waals surface area (Å²) in [5.74, 6) is 6.45. The number of rotatable bonds is 0. The Kier molecular flexibility index (Phi) is 2.22. The maximum Gasteiger partial charge on any atom is 0.118 e. The normalized spacial score (nSPS) is 55.9. The summed E-state index contributed by atoms with van der Waals surface area (Å²) in [4.78, 5) is 0. The molecule has 0 aliphatic carbocycles. The average Bonchev–Trinajstić information content (AvgIpc) is 3.00. The number of hydrogen-bond donors (Lipinski definition) is 0. The zero-order valence-corrected chi connectivity index (χ0v) is 9.45. The van der Waals surface area contributed by atoms with Crippen molar-refractivity contribution in [1.29, 1.82) is 0 Å². The van der Waals surface area contributed by atoms with Gasteiger partial charge in [-0.05, 0) is 11.8 Å². The molecule has 0 aromatic carbocycles. The molecule has 0 saturated carbocycles. The lowest BCUT2D eigenvalue weighted by Crippen LogP contribution is -2.20. The molecule has 4 rings (SSSR count). The molecule has 2 heteroatoms. The first kappa shape index (κ1) is 9.36. The molecule has 0 amide bonds. The van der Waals surface area contributed by atoms with Gasteiger partial charge in [0.15, 0.2) is 0 Å². The highest BCUT2D eigenvalue weighted by Crippen LogP contribution is 2.70. The maximum absolute atomic E-state index is 2.72. The molecule has 0 spiro atoms. The molecule has 0 N–H and O–H groups in total. The SMILES string of the molecule is CC.[B]1C2CCC1C1C3[B]C(CC3)C21. The van der Waals surface area contributed by atoms with Gasteiger partial charge in [0, 0.05) is 0 Å². The second kappa shape index (κ2) is 3.32. The molecule has 4 atom stereocenters. The van der Waals surface area contributed by atoms with Crippen LogP contribution in [0.25, 0.3) is 0 Å². The Balaban J connectivity index is 0.000000303. The summed E-state index contributed by atoms with van der Waals surface area (Å²) in [5.41, 5.74) is 0. The molecule has 4 aliphatic heterocycles. The fourth-order valence-corrected chi connectivity index (χ4v) is 4.85. The largest absolute Gasteiger partial charge is 0.118 e. The minimum atomic E-state index is 1.05. The summed E-state index contributed by atoms with van der Waals surface area (Å²) in [6.07, 6.45) is 6.12. The van der Waals surface area contributed by atoms with E-state index in [0.717, 1.165) is 35.1 Å². The molecule has 0 aromatic rings. The van der Waals surface area contributed by atoms with E-state index in [4.69, 9.17) is 0 Å². The van der Waals surface area contributed by atoms with Crippen LogP contribution in [0.3, 0.4) is 0 Å². The van der Waals surface area contributed by atoms with Gasteiger partial charge in [-0.15, -0.1) is 0 Å². The molecule has 2 radical (unpaired) electrons. The van der Waals surface area contributed by atoms with Crippen molar-refractivity contribution in [1.82, 2.24) is 0 Å². The quantitative estimate of drug-likeness (QED) is 0.508. The predicted octanol–water partition coefficient (Wildman–Crippen LogP) is 3.42. The summed E-state index contributed by atoms with van der Waals surface area (Å²) in [6.45, 7) is 4.00. The molecular weight excluding hydrogens is 166 g/mol. The lowest BCUT2D eigenvalue weighted by atomic mass is 9.55. The molecule has 0 aromatic heterocycles. The predicted molar refractivity (Wildman–Crippen MR) is 63.3 cm³/mol. The van der Waals surface area contributed by atoms with Crippen LogP contribution in [0.4, 0.5) is 0 Å². The highest BCUT2D eigenvalue weighted by molar-refractivity contribution is 6.48. The topological polar surface area (TPSA) is 0 Å². The Labute approximate surface area is 89.7 Å². The van der Waals surface area contributed by atoms with Crippen molar-refractivity contribution in [2.75, 3.05) is 0 Å². The minimum absolute atomic E-state index is 1.05. The van der Waals surface area contributed by atoms with Gasteiger partial charge < -0.3 is 0 Å². The Bertz CT molecular complexity index is 184. The van der Waals surface area contributed by atoms with Gasteiger partial charge >= 0.3 is 0 Å². The summed E-state index contributed by atoms with van der Waals surface area (Å²) < 4.78 is 0. The van der Waals surface area contributed by atoms with E-state index in [1.165, 1.54) is 25.7 Å². The van der Waals surface area contributed by atoms with Gasteiger partial charge in [0.2, 0.25) is 0 Å². The molecule has 0 nitrogen and oxygen atoms in total. The molecule has 74 valence electrons. The van der Waals surface area contributed by atoms with Gasteiger partial charge in [-0.3, -0.25) is 0 Å². The summed E-state index contributed by atoms with van der Waals surface area (Å²) in [7, 11) is 5.43. The summed E-state index contributed by atoms with van der Waals surface area (Å²) >= 11 is 0. The van der Waals surface area contributed by atoms with Crippen LogP contribution in [-0.2, 0) is 0 Å². The second-order valence-electron chi connectivity index (χ2n) is 5.35. The van der Waals surface area contributed by atoms with E-state index in [9.17, 15) is 0 Å².